The van der Waals surface area contributed by atoms with Crippen molar-refractivity contribution < 1.29 is 14.7 Å². The average molecular weight is 455 g/mol. The number of nitrogens with one attached hydrogen (secondary N) is 2. The van der Waals surface area contributed by atoms with Crippen molar-refractivity contribution in [1.82, 2.24) is 20.1 Å². The maximum atomic E-state index is 13.0. The number of amides is 2. The second-order valence-corrected chi connectivity index (χ2v) is 6.78. The molecule has 2 aromatic heterocycles. The van der Waals surface area contributed by atoms with Crippen LogP contribution < -0.4 is 10.6 Å². The number of aryl methyl sites for hydroxylation is 1. The summed E-state index contributed by atoms with van der Waals surface area (Å²) in [7, 11) is 1.46. The van der Waals surface area contributed by atoms with Crippen molar-refractivity contribution in [3.8, 4) is 17.6 Å². The molecule has 0 saturated carbocycles. The van der Waals surface area contributed by atoms with E-state index in [2.05, 4.69) is 36.6 Å². The van der Waals surface area contributed by atoms with Gasteiger partial charge in [0.25, 0.3) is 11.8 Å². The molecule has 0 bridgehead atoms. The number of aromatic nitrogens is 3. The van der Waals surface area contributed by atoms with E-state index in [-0.39, 0.29) is 28.5 Å². The van der Waals surface area contributed by atoms with E-state index in [9.17, 15) is 14.7 Å². The van der Waals surface area contributed by atoms with Gasteiger partial charge in [-0.3, -0.25) is 9.59 Å². The van der Waals surface area contributed by atoms with Crippen molar-refractivity contribution in [3.63, 3.8) is 0 Å². The third kappa shape index (κ3) is 3.95. The van der Waals surface area contributed by atoms with E-state index < -0.39 is 11.8 Å². The molecule has 3 aromatic rings. The first-order valence-corrected chi connectivity index (χ1v) is 9.13. The molecular formula is C19H15BrN6O3. The van der Waals surface area contributed by atoms with E-state index >= 15 is 0 Å². The summed E-state index contributed by atoms with van der Waals surface area (Å²) >= 11 is 3.22. The van der Waals surface area contributed by atoms with Crippen LogP contribution in [0.4, 0.5) is 5.69 Å². The Morgan fingerprint density at radius 2 is 2.03 bits per heavy atom. The molecule has 0 spiro atoms. The van der Waals surface area contributed by atoms with Crippen LogP contribution in [0, 0.1) is 18.3 Å². The number of hydrogen-bond donors (Lipinski definition) is 3. The van der Waals surface area contributed by atoms with Crippen LogP contribution in [-0.2, 0) is 0 Å². The Morgan fingerprint density at radius 1 is 1.28 bits per heavy atom. The molecular weight excluding hydrogens is 440 g/mol. The van der Waals surface area contributed by atoms with Crippen LogP contribution in [0.5, 0.6) is 5.75 Å². The van der Waals surface area contributed by atoms with E-state index in [0.29, 0.717) is 15.7 Å². The topological polar surface area (TPSA) is 133 Å². The van der Waals surface area contributed by atoms with Crippen LogP contribution in [0.3, 0.4) is 0 Å². The number of pyridine rings is 1. The maximum absolute atomic E-state index is 13.0. The third-order valence-corrected chi connectivity index (χ3v) is 4.44. The molecule has 1 aromatic carbocycles. The van der Waals surface area contributed by atoms with E-state index in [1.165, 1.54) is 36.1 Å². The average Bonchev–Trinajstić information content (AvgIpc) is 3.10. The minimum Gasteiger partial charge on any atom is -0.504 e. The van der Waals surface area contributed by atoms with Gasteiger partial charge >= 0.3 is 0 Å². The molecule has 0 saturated heterocycles. The van der Waals surface area contributed by atoms with Gasteiger partial charge in [0.1, 0.15) is 10.3 Å². The lowest BCUT2D eigenvalue weighted by atomic mass is 10.0. The van der Waals surface area contributed by atoms with Crippen molar-refractivity contribution >= 4 is 33.4 Å². The van der Waals surface area contributed by atoms with Crippen LogP contribution >= 0.6 is 15.9 Å². The number of carbonyl (C=O) groups excluding carboxylic acids is 2. The van der Waals surface area contributed by atoms with Crippen LogP contribution in [0.25, 0.3) is 5.82 Å². The van der Waals surface area contributed by atoms with E-state index in [0.717, 1.165) is 0 Å². The summed E-state index contributed by atoms with van der Waals surface area (Å²) in [4.78, 5) is 29.3. The quantitative estimate of drug-likeness (QED) is 0.554. The number of benzene rings is 1. The predicted octanol–water partition coefficient (Wildman–Crippen LogP) is 2.53. The number of nitrogens with zero attached hydrogens (tertiary/aromatic N) is 4. The summed E-state index contributed by atoms with van der Waals surface area (Å²) in [5, 5.41) is 28.6. The SMILES string of the molecule is CNC(=O)c1cc(C#N)cc(C)c1NC(=O)c1cc(Br)nn1-c1ncccc1O. The summed E-state index contributed by atoms with van der Waals surface area (Å²) in [6.07, 6.45) is 1.46. The van der Waals surface area contributed by atoms with Gasteiger partial charge in [-0.25, -0.2) is 9.67 Å². The summed E-state index contributed by atoms with van der Waals surface area (Å²) in [6, 6.07) is 9.40. The lowest BCUT2D eigenvalue weighted by Crippen LogP contribution is -2.23. The zero-order valence-electron chi connectivity index (χ0n) is 15.4. The first-order chi connectivity index (χ1) is 13.8. The molecule has 10 heteroatoms. The Morgan fingerprint density at radius 3 is 2.69 bits per heavy atom. The van der Waals surface area contributed by atoms with Gasteiger partial charge in [0.15, 0.2) is 11.6 Å². The molecule has 0 aliphatic carbocycles. The summed E-state index contributed by atoms with van der Waals surface area (Å²) in [6.45, 7) is 1.68. The highest BCUT2D eigenvalue weighted by Gasteiger charge is 2.22. The molecule has 3 N–H and O–H groups in total. The molecule has 0 radical (unpaired) electrons. The van der Waals surface area contributed by atoms with E-state index in [4.69, 9.17) is 5.26 Å². The number of halogens is 1. The molecule has 2 amide bonds. The number of hydrogen-bond acceptors (Lipinski definition) is 6. The Hall–Kier alpha value is -3.71. The largest absolute Gasteiger partial charge is 0.504 e. The van der Waals surface area contributed by atoms with Gasteiger partial charge < -0.3 is 15.7 Å². The molecule has 3 rings (SSSR count). The number of nitriles is 1. The molecule has 0 atom stereocenters. The lowest BCUT2D eigenvalue weighted by molar-refractivity contribution is 0.0964. The monoisotopic (exact) mass is 454 g/mol. The van der Waals surface area contributed by atoms with Gasteiger partial charge in [-0.2, -0.15) is 10.4 Å². The standard InChI is InChI=1S/C19H15BrN6O3/c1-10-6-11(9-21)7-12(18(28)22-2)16(10)24-19(29)13-8-15(20)25-26(13)17-14(27)4-3-5-23-17/h3-8,27H,1-2H3,(H,22,28)(H,24,29). The van der Waals surface area contributed by atoms with Crippen molar-refractivity contribution in [2.75, 3.05) is 12.4 Å². The Bertz CT molecular complexity index is 1170. The minimum absolute atomic E-state index is 0.0754. The summed E-state index contributed by atoms with van der Waals surface area (Å²) < 4.78 is 1.54. The molecule has 2 heterocycles. The first kappa shape index (κ1) is 20.0. The first-order valence-electron chi connectivity index (χ1n) is 8.33. The number of carbonyl (C=O) groups is 2. The smallest absolute Gasteiger partial charge is 0.274 e. The fraction of sp³-hybridized carbons (Fsp3) is 0.105. The van der Waals surface area contributed by atoms with Gasteiger partial charge in [0.2, 0.25) is 0 Å². The van der Waals surface area contributed by atoms with Crippen LogP contribution in [0.15, 0.2) is 41.1 Å². The minimum atomic E-state index is -0.578. The number of rotatable bonds is 4. The highest BCUT2D eigenvalue weighted by molar-refractivity contribution is 9.10. The highest BCUT2D eigenvalue weighted by Crippen LogP contribution is 2.26. The van der Waals surface area contributed by atoms with Gasteiger partial charge in [-0.1, -0.05) is 0 Å². The van der Waals surface area contributed by atoms with Crippen LogP contribution in [0.2, 0.25) is 0 Å². The second kappa shape index (κ2) is 8.12. The van der Waals surface area contributed by atoms with Gasteiger partial charge in [-0.15, -0.1) is 0 Å². The number of anilines is 1. The third-order valence-electron chi connectivity index (χ3n) is 4.05. The molecule has 146 valence electrons. The Kier molecular flexibility index (Phi) is 5.61. The second-order valence-electron chi connectivity index (χ2n) is 5.97. The van der Waals surface area contributed by atoms with Crippen molar-refractivity contribution in [2.45, 2.75) is 6.92 Å². The van der Waals surface area contributed by atoms with Crippen molar-refractivity contribution in [3.05, 3.63) is 63.5 Å². The Balaban J connectivity index is 2.06. The van der Waals surface area contributed by atoms with Crippen LogP contribution in [0.1, 0.15) is 32.0 Å². The molecule has 0 aliphatic heterocycles. The molecule has 0 aliphatic rings. The molecule has 9 nitrogen and oxygen atoms in total. The zero-order chi connectivity index (χ0) is 21.1. The zero-order valence-corrected chi connectivity index (χ0v) is 17.0. The maximum Gasteiger partial charge on any atom is 0.274 e. The van der Waals surface area contributed by atoms with Gasteiger partial charge in [0.05, 0.1) is 22.9 Å². The van der Waals surface area contributed by atoms with Gasteiger partial charge in [0, 0.05) is 19.3 Å². The van der Waals surface area contributed by atoms with E-state index in [1.54, 1.807) is 19.1 Å². The van der Waals surface area contributed by atoms with E-state index in [1.807, 2.05) is 6.07 Å². The number of aromatic hydroxyl groups is 1. The fourth-order valence-electron chi connectivity index (χ4n) is 2.74. The van der Waals surface area contributed by atoms with Crippen molar-refractivity contribution in [1.29, 1.82) is 5.26 Å². The van der Waals surface area contributed by atoms with Crippen molar-refractivity contribution in [2.24, 2.45) is 0 Å². The highest BCUT2D eigenvalue weighted by atomic mass is 79.9. The predicted molar refractivity (Wildman–Crippen MR) is 108 cm³/mol. The Labute approximate surface area is 174 Å². The normalized spacial score (nSPS) is 10.3. The summed E-state index contributed by atoms with van der Waals surface area (Å²) in [5.41, 5.74) is 1.34. The van der Waals surface area contributed by atoms with Crippen LogP contribution in [-0.4, -0.2) is 38.7 Å². The van der Waals surface area contributed by atoms with Gasteiger partial charge in [-0.05, 0) is 52.7 Å². The molecule has 29 heavy (non-hydrogen) atoms. The fourth-order valence-corrected chi connectivity index (χ4v) is 3.11. The lowest BCUT2D eigenvalue weighted by Gasteiger charge is -2.14. The summed E-state index contributed by atoms with van der Waals surface area (Å²) in [5.74, 6) is -1.10. The molecule has 0 unspecified atom stereocenters. The molecule has 0 fully saturated rings.